The van der Waals surface area contributed by atoms with Gasteiger partial charge in [0.15, 0.2) is 0 Å². The van der Waals surface area contributed by atoms with Crippen molar-refractivity contribution >= 4 is 23.4 Å². The highest BCUT2D eigenvalue weighted by Crippen LogP contribution is 2.27. The van der Waals surface area contributed by atoms with Crippen LogP contribution in [0.25, 0.3) is 5.69 Å². The first kappa shape index (κ1) is 21.9. The Bertz CT molecular complexity index is 1140. The number of nitrogens with zero attached hydrogens (tertiary/aromatic N) is 2. The van der Waals surface area contributed by atoms with Crippen molar-refractivity contribution in [3.8, 4) is 5.69 Å². The predicted molar refractivity (Wildman–Crippen MR) is 114 cm³/mol. The Kier molecular flexibility index (Phi) is 6.05. The Balaban J connectivity index is 1.93. The van der Waals surface area contributed by atoms with Gasteiger partial charge >= 0.3 is 6.03 Å². The van der Waals surface area contributed by atoms with Gasteiger partial charge in [-0.3, -0.25) is 10.1 Å². The fourth-order valence-corrected chi connectivity index (χ4v) is 2.89. The van der Waals surface area contributed by atoms with Crippen molar-refractivity contribution in [2.75, 3.05) is 10.6 Å². The number of hydrogen-bond acceptors (Lipinski definition) is 3. The zero-order valence-corrected chi connectivity index (χ0v) is 17.4. The smallest absolute Gasteiger partial charge is 0.324 e. The summed E-state index contributed by atoms with van der Waals surface area (Å²) in [5, 5.41) is 9.60. The van der Waals surface area contributed by atoms with Crippen LogP contribution in [-0.4, -0.2) is 21.7 Å². The summed E-state index contributed by atoms with van der Waals surface area (Å²) in [7, 11) is 0. The number of anilines is 2. The van der Waals surface area contributed by atoms with E-state index in [1.165, 1.54) is 4.68 Å². The van der Waals surface area contributed by atoms with Crippen molar-refractivity contribution in [2.45, 2.75) is 32.6 Å². The van der Waals surface area contributed by atoms with Crippen molar-refractivity contribution in [3.63, 3.8) is 0 Å². The van der Waals surface area contributed by atoms with E-state index in [9.17, 15) is 18.4 Å². The maximum atomic E-state index is 13.9. The van der Waals surface area contributed by atoms with Crippen LogP contribution in [0.3, 0.4) is 0 Å². The topological polar surface area (TPSA) is 102 Å². The Hall–Kier alpha value is -3.75. The molecule has 2 aromatic carbocycles. The van der Waals surface area contributed by atoms with Gasteiger partial charge in [-0.1, -0.05) is 32.9 Å². The van der Waals surface area contributed by atoms with Gasteiger partial charge in [-0.15, -0.1) is 0 Å². The average molecular weight is 427 g/mol. The molecule has 3 amide bonds. The number of hydrogen-bond donors (Lipinski definition) is 3. The van der Waals surface area contributed by atoms with Crippen LogP contribution in [-0.2, 0) is 16.6 Å². The third-order valence-electron chi connectivity index (χ3n) is 4.43. The Morgan fingerprint density at radius 3 is 2.45 bits per heavy atom. The van der Waals surface area contributed by atoms with Crippen LogP contribution < -0.4 is 16.4 Å². The lowest BCUT2D eigenvalue weighted by molar-refractivity contribution is -0.117. The number of primary amides is 1. The molecule has 0 saturated heterocycles. The minimum atomic E-state index is -0.891. The van der Waals surface area contributed by atoms with E-state index in [0.29, 0.717) is 28.8 Å². The number of carbonyl (C=O) groups excluding carboxylic acids is 2. The summed E-state index contributed by atoms with van der Waals surface area (Å²) >= 11 is 0. The van der Waals surface area contributed by atoms with E-state index >= 15 is 0 Å². The van der Waals surface area contributed by atoms with Gasteiger partial charge in [-0.05, 0) is 29.8 Å². The number of halogens is 2. The largest absolute Gasteiger partial charge is 0.369 e. The molecule has 0 aliphatic carbocycles. The minimum absolute atomic E-state index is 0.0638. The molecule has 0 spiro atoms. The summed E-state index contributed by atoms with van der Waals surface area (Å²) in [6.07, 6.45) is 0.0638. The van der Waals surface area contributed by atoms with Crippen LogP contribution in [0.2, 0.25) is 0 Å². The molecule has 1 heterocycles. The van der Waals surface area contributed by atoms with Crippen molar-refractivity contribution < 1.29 is 18.4 Å². The van der Waals surface area contributed by atoms with Crippen LogP contribution in [0, 0.1) is 11.6 Å². The molecule has 0 atom stereocenters. The molecule has 0 bridgehead atoms. The third kappa shape index (κ3) is 5.44. The molecule has 7 nitrogen and oxygen atoms in total. The molecule has 0 aliphatic heterocycles. The normalized spacial score (nSPS) is 11.3. The Morgan fingerprint density at radius 1 is 1.06 bits per heavy atom. The van der Waals surface area contributed by atoms with E-state index in [1.807, 2.05) is 20.8 Å². The first-order valence-corrected chi connectivity index (χ1v) is 9.54. The summed E-state index contributed by atoms with van der Waals surface area (Å²) < 4.78 is 28.5. The average Bonchev–Trinajstić information content (AvgIpc) is 3.08. The highest BCUT2D eigenvalue weighted by atomic mass is 19.1. The van der Waals surface area contributed by atoms with E-state index in [4.69, 9.17) is 5.73 Å². The van der Waals surface area contributed by atoms with Gasteiger partial charge in [0.2, 0.25) is 5.91 Å². The van der Waals surface area contributed by atoms with Crippen LogP contribution in [0.15, 0.2) is 48.5 Å². The number of rotatable bonds is 5. The molecule has 3 aromatic rings. The lowest BCUT2D eigenvalue weighted by atomic mass is 9.92. The summed E-state index contributed by atoms with van der Waals surface area (Å²) in [5.41, 5.74) is 6.82. The van der Waals surface area contributed by atoms with Gasteiger partial charge in [0.1, 0.15) is 17.5 Å². The van der Waals surface area contributed by atoms with Crippen molar-refractivity contribution in [2.24, 2.45) is 5.73 Å². The molecule has 0 aliphatic rings. The van der Waals surface area contributed by atoms with Crippen LogP contribution >= 0.6 is 0 Å². The van der Waals surface area contributed by atoms with Crippen LogP contribution in [0.4, 0.5) is 25.1 Å². The number of benzene rings is 2. The van der Waals surface area contributed by atoms with Crippen molar-refractivity contribution in [1.82, 2.24) is 9.78 Å². The number of nitrogens with one attached hydrogen (secondary N) is 2. The van der Waals surface area contributed by atoms with Crippen LogP contribution in [0.5, 0.6) is 0 Å². The van der Waals surface area contributed by atoms with Gasteiger partial charge in [-0.25, -0.2) is 18.3 Å². The molecule has 31 heavy (non-hydrogen) atoms. The first-order chi connectivity index (χ1) is 14.5. The summed E-state index contributed by atoms with van der Waals surface area (Å²) in [6.45, 7) is 5.92. The number of carbonyl (C=O) groups is 2. The fourth-order valence-electron chi connectivity index (χ4n) is 2.89. The predicted octanol–water partition coefficient (Wildman–Crippen LogP) is 4.12. The zero-order valence-electron chi connectivity index (χ0n) is 17.4. The number of aromatic nitrogens is 2. The number of amides is 3. The molecule has 162 valence electrons. The molecule has 0 unspecified atom stereocenters. The summed E-state index contributed by atoms with van der Waals surface area (Å²) in [6, 6.07) is 10.9. The molecular formula is C22H23F2N5O2. The van der Waals surface area contributed by atoms with Gasteiger partial charge in [-0.2, -0.15) is 5.10 Å². The van der Waals surface area contributed by atoms with E-state index in [-0.39, 0.29) is 17.5 Å². The van der Waals surface area contributed by atoms with Crippen molar-refractivity contribution in [3.05, 3.63) is 71.4 Å². The maximum Gasteiger partial charge on any atom is 0.324 e. The monoisotopic (exact) mass is 427 g/mol. The SMILES string of the molecule is CC(C)(C)c1cc(NC(=O)Nc2ccc(F)cc2F)n(-c2cccc(CC(N)=O)c2)n1. The van der Waals surface area contributed by atoms with E-state index in [2.05, 4.69) is 15.7 Å². The van der Waals surface area contributed by atoms with Crippen molar-refractivity contribution in [1.29, 1.82) is 0 Å². The Morgan fingerprint density at radius 2 is 1.81 bits per heavy atom. The molecule has 4 N–H and O–H groups in total. The fraction of sp³-hybridized carbons (Fsp3) is 0.227. The molecule has 0 fully saturated rings. The molecular weight excluding hydrogens is 404 g/mol. The molecule has 0 saturated carbocycles. The van der Waals surface area contributed by atoms with E-state index in [1.54, 1.807) is 30.3 Å². The second-order valence-electron chi connectivity index (χ2n) is 8.09. The maximum absolute atomic E-state index is 13.9. The minimum Gasteiger partial charge on any atom is -0.369 e. The second kappa shape index (κ2) is 8.55. The molecule has 9 heteroatoms. The lowest BCUT2D eigenvalue weighted by Crippen LogP contribution is -2.22. The second-order valence-corrected chi connectivity index (χ2v) is 8.09. The van der Waals surface area contributed by atoms with Gasteiger partial charge in [0.05, 0.1) is 23.5 Å². The standard InChI is InChI=1S/C22H23F2N5O2/c1-22(2,3)18-12-20(27-21(31)26-17-8-7-14(23)11-16(17)24)29(28-18)15-6-4-5-13(9-15)10-19(25)30/h4-9,11-12H,10H2,1-3H3,(H2,25,30)(H2,26,27,31). The van der Waals surface area contributed by atoms with Gasteiger partial charge in [0.25, 0.3) is 0 Å². The first-order valence-electron chi connectivity index (χ1n) is 9.54. The molecule has 3 rings (SSSR count). The number of nitrogens with two attached hydrogens (primary N) is 1. The van der Waals surface area contributed by atoms with E-state index < -0.39 is 23.6 Å². The third-order valence-corrected chi connectivity index (χ3v) is 4.43. The zero-order chi connectivity index (χ0) is 22.8. The highest BCUT2D eigenvalue weighted by Gasteiger charge is 2.22. The quantitative estimate of drug-likeness (QED) is 0.571. The molecule has 1 aromatic heterocycles. The highest BCUT2D eigenvalue weighted by molar-refractivity contribution is 5.99. The lowest BCUT2D eigenvalue weighted by Gasteiger charge is -2.14. The summed E-state index contributed by atoms with van der Waals surface area (Å²) in [5.74, 6) is -1.77. The van der Waals surface area contributed by atoms with Crippen LogP contribution in [0.1, 0.15) is 32.0 Å². The van der Waals surface area contributed by atoms with Gasteiger partial charge < -0.3 is 11.1 Å². The Labute approximate surface area is 178 Å². The van der Waals surface area contributed by atoms with Gasteiger partial charge in [0, 0.05) is 17.5 Å². The molecule has 0 radical (unpaired) electrons. The van der Waals surface area contributed by atoms with E-state index in [0.717, 1.165) is 12.1 Å². The number of urea groups is 1. The summed E-state index contributed by atoms with van der Waals surface area (Å²) in [4.78, 5) is 23.8.